The van der Waals surface area contributed by atoms with Gasteiger partial charge >= 0.3 is 0 Å². The number of nitrogens with zero attached hydrogens (tertiary/aromatic N) is 1. The predicted molar refractivity (Wildman–Crippen MR) is 69.4 cm³/mol. The summed E-state index contributed by atoms with van der Waals surface area (Å²) in [5.41, 5.74) is 5.82. The van der Waals surface area contributed by atoms with Gasteiger partial charge in [-0.3, -0.25) is 4.79 Å². The summed E-state index contributed by atoms with van der Waals surface area (Å²) in [6.07, 6.45) is 0. The van der Waals surface area contributed by atoms with Crippen LogP contribution in [0.25, 0.3) is 0 Å². The van der Waals surface area contributed by atoms with E-state index in [0.717, 1.165) is 4.88 Å². The van der Waals surface area contributed by atoms with Gasteiger partial charge in [-0.25, -0.2) is 0 Å². The maximum absolute atomic E-state index is 11.9. The fraction of sp³-hybridized carbons (Fsp3) is 0.167. The summed E-state index contributed by atoms with van der Waals surface area (Å²) < 4.78 is 4.86. The van der Waals surface area contributed by atoms with Crippen LogP contribution in [-0.4, -0.2) is 17.6 Å². The third kappa shape index (κ3) is 2.97. The molecule has 0 aliphatic carbocycles. The Bertz CT molecular complexity index is 619. The van der Waals surface area contributed by atoms with Crippen LogP contribution in [0.15, 0.2) is 22.0 Å². The van der Waals surface area contributed by atoms with Crippen molar-refractivity contribution in [1.29, 1.82) is 0 Å². The Morgan fingerprint density at radius 1 is 1.61 bits per heavy atom. The van der Waals surface area contributed by atoms with E-state index in [1.54, 1.807) is 24.4 Å². The predicted octanol–water partition coefficient (Wildman–Crippen LogP) is 1.61. The number of nitrogens with two attached hydrogens (primary N) is 1. The summed E-state index contributed by atoms with van der Waals surface area (Å²) >= 11 is 1.40. The van der Waals surface area contributed by atoms with Crippen molar-refractivity contribution in [3.05, 3.63) is 33.7 Å². The molecule has 2 rings (SSSR count). The molecule has 1 amide bonds. The molecule has 3 N–H and O–H groups in total. The van der Waals surface area contributed by atoms with Crippen molar-refractivity contribution in [2.24, 2.45) is 5.73 Å². The number of hydrogen-bond donors (Lipinski definition) is 2. The molecule has 0 fully saturated rings. The molecule has 0 unspecified atom stereocenters. The van der Waals surface area contributed by atoms with Crippen LogP contribution < -0.4 is 11.1 Å². The monoisotopic (exact) mass is 261 g/mol. The molecule has 0 aromatic carbocycles. The van der Waals surface area contributed by atoms with Crippen LogP contribution in [0, 0.1) is 18.8 Å². The zero-order valence-electron chi connectivity index (χ0n) is 9.69. The minimum Gasteiger partial charge on any atom is -0.360 e. The standard InChI is InChI=1S/C12H11N3O2S/c1-8-5-11(15-17-8)14-12(16)9-6-10(18-7-9)3-2-4-13/h5-7H,4,13H2,1H3,(H,14,15,16). The number of aromatic nitrogens is 1. The van der Waals surface area contributed by atoms with Gasteiger partial charge in [-0.05, 0) is 13.0 Å². The normalized spacial score (nSPS) is 9.67. The van der Waals surface area contributed by atoms with Crippen molar-refractivity contribution in [2.75, 3.05) is 11.9 Å². The van der Waals surface area contributed by atoms with Crippen molar-refractivity contribution >= 4 is 23.1 Å². The Morgan fingerprint density at radius 3 is 3.11 bits per heavy atom. The van der Waals surface area contributed by atoms with Crippen molar-refractivity contribution in [2.45, 2.75) is 6.92 Å². The fourth-order valence-corrected chi connectivity index (χ4v) is 2.03. The van der Waals surface area contributed by atoms with Crippen molar-refractivity contribution in [3.63, 3.8) is 0 Å². The second-order valence-electron chi connectivity index (χ2n) is 3.48. The minimum absolute atomic E-state index is 0.236. The number of amides is 1. The molecule has 2 aromatic rings. The molecule has 92 valence electrons. The van der Waals surface area contributed by atoms with E-state index in [4.69, 9.17) is 10.3 Å². The first-order valence-electron chi connectivity index (χ1n) is 5.21. The van der Waals surface area contributed by atoms with Gasteiger partial charge < -0.3 is 15.6 Å². The number of anilines is 1. The number of thiophene rings is 1. The Balaban J connectivity index is 2.07. The highest BCUT2D eigenvalue weighted by atomic mass is 32.1. The van der Waals surface area contributed by atoms with Crippen LogP contribution in [0.5, 0.6) is 0 Å². The molecule has 0 bridgehead atoms. The number of nitrogens with one attached hydrogen (secondary N) is 1. The molecule has 0 radical (unpaired) electrons. The molecular weight excluding hydrogens is 250 g/mol. The number of carbonyl (C=O) groups excluding carboxylic acids is 1. The Labute approximate surface area is 108 Å². The number of aryl methyl sites for hydroxylation is 1. The molecular formula is C12H11N3O2S. The average Bonchev–Trinajstić information content (AvgIpc) is 2.96. The maximum Gasteiger partial charge on any atom is 0.257 e. The SMILES string of the molecule is Cc1cc(NC(=O)c2csc(C#CCN)c2)no1. The largest absolute Gasteiger partial charge is 0.360 e. The molecule has 5 nitrogen and oxygen atoms in total. The first-order chi connectivity index (χ1) is 8.69. The lowest BCUT2D eigenvalue weighted by Gasteiger charge is -1.96. The lowest BCUT2D eigenvalue weighted by molar-refractivity contribution is 0.102. The molecule has 0 saturated heterocycles. The first kappa shape index (κ1) is 12.4. The van der Waals surface area contributed by atoms with Crippen LogP contribution in [-0.2, 0) is 0 Å². The van der Waals surface area contributed by atoms with Crippen molar-refractivity contribution in [3.8, 4) is 11.8 Å². The third-order valence-electron chi connectivity index (χ3n) is 2.04. The molecule has 0 aliphatic rings. The topological polar surface area (TPSA) is 81.2 Å². The van der Waals surface area contributed by atoms with E-state index in [2.05, 4.69) is 22.3 Å². The van der Waals surface area contributed by atoms with Gasteiger partial charge in [0.1, 0.15) is 5.76 Å². The number of hydrogen-bond acceptors (Lipinski definition) is 5. The zero-order chi connectivity index (χ0) is 13.0. The Hall–Kier alpha value is -2.10. The molecule has 0 spiro atoms. The van der Waals surface area contributed by atoms with Gasteiger partial charge in [-0.15, -0.1) is 11.3 Å². The van der Waals surface area contributed by atoms with Gasteiger partial charge in [-0.2, -0.15) is 0 Å². The average molecular weight is 261 g/mol. The Kier molecular flexibility index (Phi) is 3.77. The van der Waals surface area contributed by atoms with E-state index in [1.165, 1.54) is 11.3 Å². The molecule has 6 heteroatoms. The van der Waals surface area contributed by atoms with E-state index in [0.29, 0.717) is 23.7 Å². The molecule has 2 aromatic heterocycles. The van der Waals surface area contributed by atoms with E-state index < -0.39 is 0 Å². The van der Waals surface area contributed by atoms with E-state index in [-0.39, 0.29) is 5.91 Å². The lowest BCUT2D eigenvalue weighted by Crippen LogP contribution is -2.10. The molecule has 0 saturated carbocycles. The summed E-state index contributed by atoms with van der Waals surface area (Å²) in [6, 6.07) is 3.37. The summed E-state index contributed by atoms with van der Waals surface area (Å²) in [4.78, 5) is 12.7. The van der Waals surface area contributed by atoms with E-state index in [9.17, 15) is 4.79 Å². The molecule has 0 atom stereocenters. The minimum atomic E-state index is -0.236. The quantitative estimate of drug-likeness (QED) is 0.805. The fourth-order valence-electron chi connectivity index (χ4n) is 1.27. The highest BCUT2D eigenvalue weighted by molar-refractivity contribution is 7.10. The molecule has 0 aliphatic heterocycles. The van der Waals surface area contributed by atoms with Crippen LogP contribution in [0.2, 0.25) is 0 Å². The smallest absolute Gasteiger partial charge is 0.257 e. The van der Waals surface area contributed by atoms with Crippen LogP contribution in [0.1, 0.15) is 21.0 Å². The van der Waals surface area contributed by atoms with Gasteiger partial charge in [0, 0.05) is 11.4 Å². The molecule has 2 heterocycles. The lowest BCUT2D eigenvalue weighted by atomic mass is 10.3. The highest BCUT2D eigenvalue weighted by Crippen LogP contribution is 2.15. The Morgan fingerprint density at radius 2 is 2.44 bits per heavy atom. The van der Waals surface area contributed by atoms with Crippen LogP contribution in [0.4, 0.5) is 5.82 Å². The second-order valence-corrected chi connectivity index (χ2v) is 4.39. The van der Waals surface area contributed by atoms with Crippen molar-refractivity contribution in [1.82, 2.24) is 5.16 Å². The van der Waals surface area contributed by atoms with E-state index in [1.807, 2.05) is 0 Å². The van der Waals surface area contributed by atoms with Crippen molar-refractivity contribution < 1.29 is 9.32 Å². The van der Waals surface area contributed by atoms with Gasteiger partial charge in [0.2, 0.25) is 0 Å². The molecule has 18 heavy (non-hydrogen) atoms. The highest BCUT2D eigenvalue weighted by Gasteiger charge is 2.10. The summed E-state index contributed by atoms with van der Waals surface area (Å²) in [5, 5.41) is 8.07. The third-order valence-corrected chi connectivity index (χ3v) is 2.89. The summed E-state index contributed by atoms with van der Waals surface area (Å²) in [6.45, 7) is 2.06. The van der Waals surface area contributed by atoms with Gasteiger partial charge in [0.05, 0.1) is 17.0 Å². The van der Waals surface area contributed by atoms with Gasteiger partial charge in [-0.1, -0.05) is 17.0 Å². The van der Waals surface area contributed by atoms with Crippen LogP contribution >= 0.6 is 11.3 Å². The summed E-state index contributed by atoms with van der Waals surface area (Å²) in [5.74, 6) is 6.42. The number of carbonyl (C=O) groups is 1. The summed E-state index contributed by atoms with van der Waals surface area (Å²) in [7, 11) is 0. The van der Waals surface area contributed by atoms with E-state index >= 15 is 0 Å². The maximum atomic E-state index is 11.9. The van der Waals surface area contributed by atoms with Crippen LogP contribution in [0.3, 0.4) is 0 Å². The number of rotatable bonds is 2. The van der Waals surface area contributed by atoms with Gasteiger partial charge in [0.25, 0.3) is 5.91 Å². The zero-order valence-corrected chi connectivity index (χ0v) is 10.5. The second kappa shape index (κ2) is 5.49. The first-order valence-corrected chi connectivity index (χ1v) is 6.09. The van der Waals surface area contributed by atoms with Gasteiger partial charge in [0.15, 0.2) is 5.82 Å².